The summed E-state index contributed by atoms with van der Waals surface area (Å²) in [5.41, 5.74) is 3.67. The second-order valence-electron chi connectivity index (χ2n) is 7.25. The van der Waals surface area contributed by atoms with Crippen LogP contribution < -0.4 is 9.64 Å². The van der Waals surface area contributed by atoms with Gasteiger partial charge in [-0.1, -0.05) is 41.1 Å². The number of aryl methyl sites for hydroxylation is 2. The molecule has 0 radical (unpaired) electrons. The minimum Gasteiger partial charge on any atom is -0.481 e. The van der Waals surface area contributed by atoms with Gasteiger partial charge < -0.3 is 14.7 Å². The molecule has 2 aromatic carbocycles. The van der Waals surface area contributed by atoms with Crippen molar-refractivity contribution in [1.82, 2.24) is 4.98 Å². The summed E-state index contributed by atoms with van der Waals surface area (Å²) in [5.74, 6) is -0.831. The minimum absolute atomic E-state index is 0.00518. The van der Waals surface area contributed by atoms with E-state index in [1.54, 1.807) is 12.3 Å². The lowest BCUT2D eigenvalue weighted by Gasteiger charge is -2.31. The number of thiazole rings is 1. The number of aromatic nitrogens is 1. The van der Waals surface area contributed by atoms with Gasteiger partial charge in [-0.25, -0.2) is 9.37 Å². The summed E-state index contributed by atoms with van der Waals surface area (Å²) in [5, 5.41) is 9.36. The molecule has 0 bridgehead atoms. The number of carboxylic acids is 1. The number of aliphatic carboxylic acids is 1. The van der Waals surface area contributed by atoms with Crippen molar-refractivity contribution >= 4 is 34.6 Å². The fourth-order valence-electron chi connectivity index (χ4n) is 3.54. The van der Waals surface area contributed by atoms with Crippen molar-refractivity contribution in [1.29, 1.82) is 0 Å². The lowest BCUT2D eigenvalue weighted by Crippen LogP contribution is -2.31. The Morgan fingerprint density at radius 3 is 2.90 bits per heavy atom. The van der Waals surface area contributed by atoms with Gasteiger partial charge in [-0.15, -0.1) is 0 Å². The van der Waals surface area contributed by atoms with Gasteiger partial charge in [0.05, 0.1) is 10.7 Å². The van der Waals surface area contributed by atoms with Gasteiger partial charge in [0.15, 0.2) is 5.82 Å². The molecule has 0 spiro atoms. The number of carbonyl (C=O) groups is 1. The highest BCUT2D eigenvalue weighted by atomic mass is 35.5. The third-order valence-corrected chi connectivity index (χ3v) is 6.10. The first-order valence-electron chi connectivity index (χ1n) is 9.56. The predicted molar refractivity (Wildman–Crippen MR) is 115 cm³/mol. The number of rotatable bonds is 6. The third kappa shape index (κ3) is 4.57. The largest absolute Gasteiger partial charge is 0.481 e. The summed E-state index contributed by atoms with van der Waals surface area (Å²) in [6, 6.07) is 9.12. The first-order chi connectivity index (χ1) is 14.4. The van der Waals surface area contributed by atoms with Crippen LogP contribution >= 0.6 is 22.9 Å². The van der Waals surface area contributed by atoms with Crippen molar-refractivity contribution < 1.29 is 19.0 Å². The maximum Gasteiger partial charge on any atom is 0.303 e. The second-order valence-corrected chi connectivity index (χ2v) is 8.85. The standard InChI is InChI=1S/C22H20ClFN2O3S/c1-13-11-25-22(30-13)29-17-9-18(23)21(24)19(10-17)26-7-6-15-8-14(3-5-20(27)28)2-4-16(15)12-26/h2,4,8-11H,3,5-7,12H2,1H3,(H,27,28). The average Bonchev–Trinajstić information content (AvgIpc) is 3.13. The number of hydrogen-bond acceptors (Lipinski definition) is 5. The van der Waals surface area contributed by atoms with E-state index >= 15 is 0 Å². The molecule has 0 fully saturated rings. The van der Waals surface area contributed by atoms with Crippen molar-refractivity contribution in [2.75, 3.05) is 11.4 Å². The quantitative estimate of drug-likeness (QED) is 0.532. The number of anilines is 1. The van der Waals surface area contributed by atoms with Crippen LogP contribution in [0, 0.1) is 12.7 Å². The van der Waals surface area contributed by atoms with E-state index in [-0.39, 0.29) is 11.4 Å². The van der Waals surface area contributed by atoms with Crippen LogP contribution in [-0.2, 0) is 24.2 Å². The Hall–Kier alpha value is -2.64. The molecule has 8 heteroatoms. The molecule has 4 rings (SSSR count). The van der Waals surface area contributed by atoms with E-state index in [2.05, 4.69) is 11.1 Å². The highest BCUT2D eigenvalue weighted by Crippen LogP contribution is 2.36. The Morgan fingerprint density at radius 2 is 2.17 bits per heavy atom. The van der Waals surface area contributed by atoms with Crippen molar-refractivity contribution in [3.8, 4) is 10.9 Å². The molecule has 1 aromatic heterocycles. The smallest absolute Gasteiger partial charge is 0.303 e. The Morgan fingerprint density at radius 1 is 1.33 bits per heavy atom. The number of fused-ring (bicyclic) bond motifs is 1. The zero-order valence-corrected chi connectivity index (χ0v) is 17.9. The Kier molecular flexibility index (Phi) is 5.92. The topological polar surface area (TPSA) is 62.7 Å². The van der Waals surface area contributed by atoms with E-state index in [0.717, 1.165) is 22.4 Å². The molecule has 1 N–H and O–H groups in total. The van der Waals surface area contributed by atoms with Gasteiger partial charge in [0.1, 0.15) is 5.75 Å². The number of carboxylic acid groups (broad SMARTS) is 1. The number of benzene rings is 2. The van der Waals surface area contributed by atoms with Crippen LogP contribution in [0.2, 0.25) is 5.02 Å². The van der Waals surface area contributed by atoms with Gasteiger partial charge in [0.25, 0.3) is 5.19 Å². The van der Waals surface area contributed by atoms with Crippen molar-refractivity contribution in [3.63, 3.8) is 0 Å². The molecule has 0 saturated heterocycles. The van der Waals surface area contributed by atoms with Crippen LogP contribution in [0.5, 0.6) is 10.9 Å². The summed E-state index contributed by atoms with van der Waals surface area (Å²) < 4.78 is 20.6. The molecule has 1 aliphatic heterocycles. The van der Waals surface area contributed by atoms with Crippen LogP contribution in [0.4, 0.5) is 10.1 Å². The van der Waals surface area contributed by atoms with Gasteiger partial charge in [-0.05, 0) is 36.5 Å². The molecule has 0 saturated carbocycles. The molecule has 30 heavy (non-hydrogen) atoms. The molecule has 5 nitrogen and oxygen atoms in total. The van der Waals surface area contributed by atoms with E-state index in [9.17, 15) is 9.18 Å². The lowest BCUT2D eigenvalue weighted by molar-refractivity contribution is -0.136. The van der Waals surface area contributed by atoms with E-state index in [1.165, 1.54) is 23.0 Å². The first kappa shape index (κ1) is 20.6. The molecule has 2 heterocycles. The molecule has 0 unspecified atom stereocenters. The van der Waals surface area contributed by atoms with E-state index < -0.39 is 11.8 Å². The average molecular weight is 447 g/mol. The van der Waals surface area contributed by atoms with Crippen LogP contribution in [0.1, 0.15) is 28.0 Å². The van der Waals surface area contributed by atoms with Gasteiger partial charge in [0, 0.05) is 42.7 Å². The Balaban J connectivity index is 1.55. The number of nitrogens with zero attached hydrogens (tertiary/aromatic N) is 2. The van der Waals surface area contributed by atoms with E-state index in [4.69, 9.17) is 21.4 Å². The molecular formula is C22H20ClFN2O3S. The predicted octanol–water partition coefficient (Wildman–Crippen LogP) is 5.62. The molecule has 156 valence electrons. The number of hydrogen-bond donors (Lipinski definition) is 1. The SMILES string of the molecule is Cc1cnc(Oc2cc(Cl)c(F)c(N3CCc4cc(CCC(=O)O)ccc4C3)c2)s1. The van der Waals surface area contributed by atoms with Gasteiger partial charge in [-0.3, -0.25) is 4.79 Å². The molecule has 1 aliphatic rings. The Labute approximate surface area is 182 Å². The lowest BCUT2D eigenvalue weighted by atomic mass is 9.95. The maximum atomic E-state index is 14.8. The van der Waals surface area contributed by atoms with Crippen molar-refractivity contribution in [3.05, 3.63) is 68.9 Å². The normalized spacial score (nSPS) is 13.2. The molecule has 0 atom stereocenters. The zero-order chi connectivity index (χ0) is 21.3. The zero-order valence-electron chi connectivity index (χ0n) is 16.3. The molecule has 3 aromatic rings. The summed E-state index contributed by atoms with van der Waals surface area (Å²) in [4.78, 5) is 17.9. The highest BCUT2D eigenvalue weighted by molar-refractivity contribution is 7.13. The maximum absolute atomic E-state index is 14.8. The van der Waals surface area contributed by atoms with E-state index in [1.807, 2.05) is 24.0 Å². The Bertz CT molecular complexity index is 1100. The van der Waals surface area contributed by atoms with Crippen molar-refractivity contribution in [2.45, 2.75) is 32.7 Å². The summed E-state index contributed by atoms with van der Waals surface area (Å²) in [7, 11) is 0. The minimum atomic E-state index is -0.804. The number of ether oxygens (including phenoxy) is 1. The summed E-state index contributed by atoms with van der Waals surface area (Å²) >= 11 is 7.56. The summed E-state index contributed by atoms with van der Waals surface area (Å²) in [6.07, 6.45) is 3.08. The van der Waals surface area contributed by atoms with Gasteiger partial charge in [0.2, 0.25) is 0 Å². The van der Waals surface area contributed by atoms with Gasteiger partial charge >= 0.3 is 5.97 Å². The second kappa shape index (κ2) is 8.62. The monoisotopic (exact) mass is 446 g/mol. The highest BCUT2D eigenvalue weighted by Gasteiger charge is 2.22. The fourth-order valence-corrected chi connectivity index (χ4v) is 4.37. The van der Waals surface area contributed by atoms with E-state index in [0.29, 0.717) is 36.1 Å². The first-order valence-corrected chi connectivity index (χ1v) is 10.8. The molecule has 0 aliphatic carbocycles. The molecular weight excluding hydrogens is 427 g/mol. The summed E-state index contributed by atoms with van der Waals surface area (Å²) in [6.45, 7) is 3.11. The van der Waals surface area contributed by atoms with Crippen LogP contribution in [-0.4, -0.2) is 22.6 Å². The van der Waals surface area contributed by atoms with Crippen LogP contribution in [0.25, 0.3) is 0 Å². The fraction of sp³-hybridized carbons (Fsp3) is 0.273. The third-order valence-electron chi connectivity index (χ3n) is 5.04. The van der Waals surface area contributed by atoms with Crippen LogP contribution in [0.15, 0.2) is 36.5 Å². The molecule has 0 amide bonds. The van der Waals surface area contributed by atoms with Crippen LogP contribution in [0.3, 0.4) is 0 Å². The van der Waals surface area contributed by atoms with Crippen molar-refractivity contribution in [2.24, 2.45) is 0 Å². The van der Waals surface area contributed by atoms with Gasteiger partial charge in [-0.2, -0.15) is 0 Å². The number of halogens is 2.